The molecule has 0 radical (unpaired) electrons. The number of carbonyl (C=O) groups excluding carboxylic acids is 2. The number of amides is 3. The fourth-order valence-corrected chi connectivity index (χ4v) is 2.58. The molecule has 0 heterocycles. The molecule has 2 aromatic rings. The van der Waals surface area contributed by atoms with E-state index in [4.69, 9.17) is 5.11 Å². The highest BCUT2D eigenvalue weighted by atomic mass is 16.4. The Morgan fingerprint density at radius 3 is 2.25 bits per heavy atom. The molecule has 28 heavy (non-hydrogen) atoms. The number of nitrogens with one attached hydrogen (secondary N) is 2. The Balaban J connectivity index is 1.69. The third kappa shape index (κ3) is 7.49. The Labute approximate surface area is 164 Å². The molecule has 0 unspecified atom stereocenters. The zero-order chi connectivity index (χ0) is 20.4. The molecule has 0 spiro atoms. The third-order valence-corrected chi connectivity index (χ3v) is 4.10. The van der Waals surface area contributed by atoms with Crippen LogP contribution >= 0.6 is 0 Å². The monoisotopic (exact) mass is 383 g/mol. The van der Waals surface area contributed by atoms with Crippen molar-refractivity contribution in [3.05, 3.63) is 65.7 Å². The third-order valence-electron chi connectivity index (χ3n) is 4.10. The smallest absolute Gasteiger partial charge is 0.317 e. The van der Waals surface area contributed by atoms with Crippen molar-refractivity contribution in [3.63, 3.8) is 0 Å². The minimum absolute atomic E-state index is 0.0735. The van der Waals surface area contributed by atoms with E-state index in [1.165, 1.54) is 0 Å². The van der Waals surface area contributed by atoms with Gasteiger partial charge in [-0.25, -0.2) is 4.79 Å². The lowest BCUT2D eigenvalue weighted by atomic mass is 10.1. The van der Waals surface area contributed by atoms with E-state index in [1.807, 2.05) is 30.3 Å². The number of urea groups is 1. The van der Waals surface area contributed by atoms with E-state index in [1.54, 1.807) is 36.2 Å². The second-order valence-corrected chi connectivity index (χ2v) is 6.46. The summed E-state index contributed by atoms with van der Waals surface area (Å²) in [6.07, 6.45) is 0.682. The molecule has 3 N–H and O–H groups in total. The molecule has 0 aliphatic heterocycles. The molecule has 0 fully saturated rings. The Morgan fingerprint density at radius 2 is 1.61 bits per heavy atom. The van der Waals surface area contributed by atoms with Crippen LogP contribution in [0.2, 0.25) is 0 Å². The average Bonchev–Trinajstić information content (AvgIpc) is 2.68. The number of aryl methyl sites for hydroxylation is 1. The molecular formula is C21H25N3O4. The van der Waals surface area contributed by atoms with Crippen LogP contribution < -0.4 is 10.6 Å². The number of aliphatic carboxylic acids is 1. The minimum Gasteiger partial charge on any atom is -0.481 e. The summed E-state index contributed by atoms with van der Waals surface area (Å²) < 4.78 is 0. The predicted octanol–water partition coefficient (Wildman–Crippen LogP) is 2.87. The van der Waals surface area contributed by atoms with E-state index in [2.05, 4.69) is 10.6 Å². The van der Waals surface area contributed by atoms with Crippen LogP contribution in [0.5, 0.6) is 0 Å². The second kappa shape index (κ2) is 10.7. The molecular weight excluding hydrogens is 358 g/mol. The van der Waals surface area contributed by atoms with Gasteiger partial charge in [0.15, 0.2) is 0 Å². The van der Waals surface area contributed by atoms with Crippen LogP contribution in [0.1, 0.15) is 24.0 Å². The molecule has 2 aromatic carbocycles. The first-order valence-electron chi connectivity index (χ1n) is 9.07. The summed E-state index contributed by atoms with van der Waals surface area (Å²) in [6.45, 7) is 0.730. The maximum absolute atomic E-state index is 12.1. The van der Waals surface area contributed by atoms with Gasteiger partial charge in [0, 0.05) is 38.7 Å². The highest BCUT2D eigenvalue weighted by Gasteiger charge is 2.09. The van der Waals surface area contributed by atoms with Crippen LogP contribution in [0.3, 0.4) is 0 Å². The summed E-state index contributed by atoms with van der Waals surface area (Å²) in [7, 11) is 1.70. The molecule has 2 rings (SSSR count). The van der Waals surface area contributed by atoms with Crippen molar-refractivity contribution in [2.24, 2.45) is 0 Å². The number of benzene rings is 2. The van der Waals surface area contributed by atoms with Crippen LogP contribution in [0.25, 0.3) is 0 Å². The van der Waals surface area contributed by atoms with Gasteiger partial charge in [0.25, 0.3) is 0 Å². The van der Waals surface area contributed by atoms with Gasteiger partial charge in [-0.1, -0.05) is 42.5 Å². The van der Waals surface area contributed by atoms with Crippen molar-refractivity contribution in [1.82, 2.24) is 10.2 Å². The summed E-state index contributed by atoms with van der Waals surface area (Å²) in [5.74, 6) is -1.04. The molecule has 3 amide bonds. The quantitative estimate of drug-likeness (QED) is 0.620. The van der Waals surface area contributed by atoms with Crippen molar-refractivity contribution < 1.29 is 19.5 Å². The Morgan fingerprint density at radius 1 is 0.929 bits per heavy atom. The van der Waals surface area contributed by atoms with Gasteiger partial charge >= 0.3 is 12.0 Å². The molecule has 0 saturated heterocycles. The van der Waals surface area contributed by atoms with Gasteiger partial charge in [-0.3, -0.25) is 9.59 Å². The van der Waals surface area contributed by atoms with E-state index < -0.39 is 5.97 Å². The zero-order valence-electron chi connectivity index (χ0n) is 15.9. The SMILES string of the molecule is CN(Cc1ccccc1)C(=O)NCCC(=O)Nc1ccc(CCC(=O)O)cc1. The van der Waals surface area contributed by atoms with Crippen LogP contribution in [0, 0.1) is 0 Å². The first-order valence-corrected chi connectivity index (χ1v) is 9.07. The minimum atomic E-state index is -0.839. The topological polar surface area (TPSA) is 98.7 Å². The van der Waals surface area contributed by atoms with Gasteiger partial charge in [-0.05, 0) is 29.7 Å². The largest absolute Gasteiger partial charge is 0.481 e. The Kier molecular flexibility index (Phi) is 8.02. The first-order chi connectivity index (χ1) is 13.4. The van der Waals surface area contributed by atoms with Crippen LogP contribution in [0.4, 0.5) is 10.5 Å². The van der Waals surface area contributed by atoms with Crippen molar-refractivity contribution in [3.8, 4) is 0 Å². The first kappa shape index (κ1) is 21.0. The van der Waals surface area contributed by atoms with Crippen LogP contribution in [-0.2, 0) is 22.6 Å². The highest BCUT2D eigenvalue weighted by Crippen LogP contribution is 2.11. The fraction of sp³-hybridized carbons (Fsp3) is 0.286. The van der Waals surface area contributed by atoms with Gasteiger partial charge < -0.3 is 20.6 Å². The molecule has 7 nitrogen and oxygen atoms in total. The van der Waals surface area contributed by atoms with E-state index in [-0.39, 0.29) is 31.3 Å². The highest BCUT2D eigenvalue weighted by molar-refractivity contribution is 5.91. The fourth-order valence-electron chi connectivity index (χ4n) is 2.58. The number of carboxylic acid groups (broad SMARTS) is 1. The number of carboxylic acids is 1. The van der Waals surface area contributed by atoms with Crippen LogP contribution in [0.15, 0.2) is 54.6 Å². The van der Waals surface area contributed by atoms with Gasteiger partial charge in [0.1, 0.15) is 0 Å². The van der Waals surface area contributed by atoms with E-state index in [9.17, 15) is 14.4 Å². The summed E-state index contributed by atoms with van der Waals surface area (Å²) in [4.78, 5) is 36.2. The van der Waals surface area contributed by atoms with Gasteiger partial charge in [-0.2, -0.15) is 0 Å². The Bertz CT molecular complexity index is 791. The zero-order valence-corrected chi connectivity index (χ0v) is 15.9. The summed E-state index contributed by atoms with van der Waals surface area (Å²) in [5.41, 5.74) is 2.57. The van der Waals surface area contributed by atoms with E-state index in [0.29, 0.717) is 18.7 Å². The van der Waals surface area contributed by atoms with Crippen molar-refractivity contribution in [1.29, 1.82) is 0 Å². The standard InChI is InChI=1S/C21H25N3O4/c1-24(15-17-5-3-2-4-6-17)21(28)22-14-13-19(25)23-18-10-7-16(8-11-18)9-12-20(26)27/h2-8,10-11H,9,12-15H2,1H3,(H,22,28)(H,23,25)(H,26,27). The molecule has 0 bridgehead atoms. The average molecular weight is 383 g/mol. The number of nitrogens with zero attached hydrogens (tertiary/aromatic N) is 1. The Hall–Kier alpha value is -3.35. The lowest BCUT2D eigenvalue weighted by Crippen LogP contribution is -2.38. The van der Waals surface area contributed by atoms with E-state index in [0.717, 1.165) is 11.1 Å². The number of rotatable bonds is 9. The van der Waals surface area contributed by atoms with Crippen LogP contribution in [-0.4, -0.2) is 41.5 Å². The molecule has 0 aliphatic rings. The predicted molar refractivity (Wildman–Crippen MR) is 107 cm³/mol. The molecule has 0 aromatic heterocycles. The van der Waals surface area contributed by atoms with Gasteiger partial charge in [0.2, 0.25) is 5.91 Å². The molecule has 0 atom stereocenters. The molecule has 7 heteroatoms. The van der Waals surface area contributed by atoms with Crippen molar-refractivity contribution >= 4 is 23.6 Å². The molecule has 0 saturated carbocycles. The molecule has 0 aliphatic carbocycles. The van der Waals surface area contributed by atoms with Gasteiger partial charge in [0.05, 0.1) is 0 Å². The van der Waals surface area contributed by atoms with Crippen molar-refractivity contribution in [2.75, 3.05) is 18.9 Å². The number of anilines is 1. The van der Waals surface area contributed by atoms with Gasteiger partial charge in [-0.15, -0.1) is 0 Å². The maximum Gasteiger partial charge on any atom is 0.317 e. The lowest BCUT2D eigenvalue weighted by Gasteiger charge is -2.18. The number of hydrogen-bond donors (Lipinski definition) is 3. The summed E-state index contributed by atoms with van der Waals surface area (Å²) >= 11 is 0. The maximum atomic E-state index is 12.1. The number of hydrogen-bond acceptors (Lipinski definition) is 3. The number of carbonyl (C=O) groups is 3. The summed E-state index contributed by atoms with van der Waals surface area (Å²) in [5, 5.41) is 14.2. The molecule has 148 valence electrons. The second-order valence-electron chi connectivity index (χ2n) is 6.46. The normalized spacial score (nSPS) is 10.2. The summed E-state index contributed by atoms with van der Waals surface area (Å²) in [6, 6.07) is 16.5. The lowest BCUT2D eigenvalue weighted by molar-refractivity contribution is -0.137. The van der Waals surface area contributed by atoms with Crippen molar-refractivity contribution in [2.45, 2.75) is 25.8 Å². The van der Waals surface area contributed by atoms with E-state index >= 15 is 0 Å².